The van der Waals surface area contributed by atoms with Crippen molar-refractivity contribution in [3.63, 3.8) is 0 Å². The summed E-state index contributed by atoms with van der Waals surface area (Å²) in [7, 11) is 4.62. The first-order valence-electron chi connectivity index (χ1n) is 3.62. The van der Waals surface area contributed by atoms with Crippen LogP contribution in [0.15, 0.2) is 11.8 Å². The molecule has 0 atom stereocenters. The van der Waals surface area contributed by atoms with Gasteiger partial charge >= 0.3 is 5.97 Å². The van der Waals surface area contributed by atoms with Gasteiger partial charge in [-0.1, -0.05) is 0 Å². The quantitative estimate of drug-likeness (QED) is 0.364. The smallest absolute Gasteiger partial charge is 0.340 e. The van der Waals surface area contributed by atoms with Crippen molar-refractivity contribution in [1.29, 1.82) is 0 Å². The van der Waals surface area contributed by atoms with Crippen molar-refractivity contribution in [1.82, 2.24) is 4.90 Å². The Kier molecular flexibility index (Phi) is 4.76. The van der Waals surface area contributed by atoms with Gasteiger partial charge < -0.3 is 14.7 Å². The Balaban J connectivity index is 4.61. The first kappa shape index (κ1) is 11.6. The van der Waals surface area contributed by atoms with Gasteiger partial charge in [-0.2, -0.15) is 0 Å². The highest BCUT2D eigenvalue weighted by molar-refractivity contribution is 6.17. The lowest BCUT2D eigenvalue weighted by Gasteiger charge is -2.07. The summed E-state index contributed by atoms with van der Waals surface area (Å²) in [5.41, 5.74) is -0.271. The van der Waals surface area contributed by atoms with Gasteiger partial charge in [0, 0.05) is 27.4 Å². The molecule has 13 heavy (non-hydrogen) atoms. The van der Waals surface area contributed by atoms with Crippen molar-refractivity contribution in [3.05, 3.63) is 11.8 Å². The first-order chi connectivity index (χ1) is 5.99. The Bertz CT molecular complexity index is 232. The van der Waals surface area contributed by atoms with E-state index < -0.39 is 11.8 Å². The van der Waals surface area contributed by atoms with E-state index in [9.17, 15) is 9.59 Å². The molecule has 0 saturated heterocycles. The highest BCUT2D eigenvalue weighted by Gasteiger charge is 2.16. The number of methoxy groups -OCH3 is 1. The number of carboxylic acids is 1. The molecule has 0 aliphatic rings. The van der Waals surface area contributed by atoms with E-state index in [1.165, 1.54) is 18.2 Å². The summed E-state index contributed by atoms with van der Waals surface area (Å²) in [5.74, 6) is -1.78. The Hall–Kier alpha value is -1.36. The second-order valence-electron chi connectivity index (χ2n) is 2.67. The van der Waals surface area contributed by atoms with Crippen molar-refractivity contribution in [2.24, 2.45) is 0 Å². The molecule has 1 N–H and O–H groups in total. The fraction of sp³-hybridized carbons (Fsp3) is 0.500. The lowest BCUT2D eigenvalue weighted by molar-refractivity contribution is -0.135. The van der Waals surface area contributed by atoms with Gasteiger partial charge in [-0.05, 0) is 0 Å². The molecule has 0 aromatic heterocycles. The predicted octanol–water partition coefficient (Wildman–Crippen LogP) is -0.268. The van der Waals surface area contributed by atoms with Crippen LogP contribution in [0.1, 0.15) is 0 Å². The standard InChI is InChI=1S/C8H13NO4/c1-9(2)4-6(8(11)12)7(10)5-13-3/h4H,5H2,1-3H3,(H,11,12). The molecule has 0 aromatic rings. The summed E-state index contributed by atoms with van der Waals surface area (Å²) < 4.78 is 4.54. The molecule has 0 radical (unpaired) electrons. The van der Waals surface area contributed by atoms with Crippen LogP contribution in [0.25, 0.3) is 0 Å². The number of carbonyl (C=O) groups excluding carboxylic acids is 1. The number of ketones is 1. The van der Waals surface area contributed by atoms with Crippen LogP contribution in [0, 0.1) is 0 Å². The van der Waals surface area contributed by atoms with Gasteiger partial charge in [-0.25, -0.2) is 4.79 Å². The number of ether oxygens (including phenoxy) is 1. The minimum absolute atomic E-state index is 0.216. The van der Waals surface area contributed by atoms with E-state index in [4.69, 9.17) is 5.11 Å². The lowest BCUT2D eigenvalue weighted by Crippen LogP contribution is -2.19. The molecule has 0 fully saturated rings. The molecule has 0 aliphatic heterocycles. The van der Waals surface area contributed by atoms with Crippen molar-refractivity contribution < 1.29 is 19.4 Å². The number of carbonyl (C=O) groups is 2. The number of carboxylic acid groups (broad SMARTS) is 1. The van der Waals surface area contributed by atoms with E-state index >= 15 is 0 Å². The zero-order valence-electron chi connectivity index (χ0n) is 7.90. The van der Waals surface area contributed by atoms with E-state index in [0.29, 0.717) is 0 Å². The van der Waals surface area contributed by atoms with Gasteiger partial charge in [0.1, 0.15) is 12.2 Å². The molecule has 0 bridgehead atoms. The van der Waals surface area contributed by atoms with Crippen LogP contribution < -0.4 is 0 Å². The monoisotopic (exact) mass is 187 g/mol. The molecule has 5 nitrogen and oxygen atoms in total. The summed E-state index contributed by atoms with van der Waals surface area (Å²) in [6.07, 6.45) is 1.25. The van der Waals surface area contributed by atoms with Gasteiger partial charge in [0.25, 0.3) is 0 Å². The number of hydrogen-bond donors (Lipinski definition) is 1. The third-order valence-electron chi connectivity index (χ3n) is 1.19. The van der Waals surface area contributed by atoms with E-state index in [1.807, 2.05) is 0 Å². The lowest BCUT2D eigenvalue weighted by atomic mass is 10.2. The Morgan fingerprint density at radius 1 is 1.46 bits per heavy atom. The fourth-order valence-corrected chi connectivity index (χ4v) is 0.714. The highest BCUT2D eigenvalue weighted by Crippen LogP contribution is 1.98. The molecule has 0 aromatic carbocycles. The van der Waals surface area contributed by atoms with Crippen LogP contribution in [0.4, 0.5) is 0 Å². The zero-order valence-corrected chi connectivity index (χ0v) is 7.90. The Labute approximate surface area is 76.6 Å². The number of aliphatic carboxylic acids is 1. The van der Waals surface area contributed by atoms with Crippen molar-refractivity contribution in [2.45, 2.75) is 0 Å². The summed E-state index contributed by atoms with van der Waals surface area (Å²) in [4.78, 5) is 23.2. The average Bonchev–Trinajstić information content (AvgIpc) is 1.99. The van der Waals surface area contributed by atoms with Crippen LogP contribution in [-0.2, 0) is 14.3 Å². The molecule has 0 amide bonds. The minimum Gasteiger partial charge on any atom is -0.478 e. The number of Topliss-reactive ketones (excluding diaryl/α,β-unsaturated/α-hetero) is 1. The number of rotatable bonds is 5. The largest absolute Gasteiger partial charge is 0.478 e. The van der Waals surface area contributed by atoms with Crippen molar-refractivity contribution in [3.8, 4) is 0 Å². The van der Waals surface area contributed by atoms with E-state index in [1.54, 1.807) is 14.1 Å². The van der Waals surface area contributed by atoms with Crippen molar-refractivity contribution in [2.75, 3.05) is 27.8 Å². The highest BCUT2D eigenvalue weighted by atomic mass is 16.5. The van der Waals surface area contributed by atoms with Gasteiger partial charge in [0.2, 0.25) is 0 Å². The van der Waals surface area contributed by atoms with E-state index in [0.717, 1.165) is 0 Å². The maximum absolute atomic E-state index is 11.1. The molecule has 0 aliphatic carbocycles. The summed E-state index contributed by atoms with van der Waals surface area (Å²) >= 11 is 0. The normalized spacial score (nSPS) is 11.2. The molecule has 0 rings (SSSR count). The molecule has 0 heterocycles. The molecular formula is C8H13NO4. The fourth-order valence-electron chi connectivity index (χ4n) is 0.714. The second-order valence-corrected chi connectivity index (χ2v) is 2.67. The van der Waals surface area contributed by atoms with Crippen LogP contribution in [0.2, 0.25) is 0 Å². The molecule has 0 unspecified atom stereocenters. The van der Waals surface area contributed by atoms with Crippen LogP contribution in [0.5, 0.6) is 0 Å². The molecule has 0 spiro atoms. The molecule has 0 saturated carbocycles. The summed E-state index contributed by atoms with van der Waals surface area (Å²) in [5, 5.41) is 8.65. The zero-order chi connectivity index (χ0) is 10.4. The second kappa shape index (κ2) is 5.31. The number of nitrogens with zero attached hydrogens (tertiary/aromatic N) is 1. The minimum atomic E-state index is -1.24. The van der Waals surface area contributed by atoms with Gasteiger partial charge in [-0.3, -0.25) is 4.79 Å². The van der Waals surface area contributed by atoms with Crippen LogP contribution in [-0.4, -0.2) is 49.6 Å². The van der Waals surface area contributed by atoms with Gasteiger partial charge in [-0.15, -0.1) is 0 Å². The Morgan fingerprint density at radius 2 is 2.00 bits per heavy atom. The maximum Gasteiger partial charge on any atom is 0.340 e. The molecule has 5 heteroatoms. The van der Waals surface area contributed by atoms with Crippen molar-refractivity contribution >= 4 is 11.8 Å². The number of hydrogen-bond acceptors (Lipinski definition) is 4. The topological polar surface area (TPSA) is 66.8 Å². The van der Waals surface area contributed by atoms with Crippen LogP contribution in [0.3, 0.4) is 0 Å². The SMILES string of the molecule is COCC(=O)C(=CN(C)C)C(=O)O. The predicted molar refractivity (Wildman–Crippen MR) is 46.3 cm³/mol. The first-order valence-corrected chi connectivity index (χ1v) is 3.62. The van der Waals surface area contributed by atoms with E-state index in [2.05, 4.69) is 4.74 Å². The maximum atomic E-state index is 11.1. The van der Waals surface area contributed by atoms with Gasteiger partial charge in [0.15, 0.2) is 5.78 Å². The average molecular weight is 187 g/mol. The molecule has 74 valence electrons. The van der Waals surface area contributed by atoms with E-state index in [-0.39, 0.29) is 12.2 Å². The Morgan fingerprint density at radius 3 is 2.31 bits per heavy atom. The summed E-state index contributed by atoms with van der Waals surface area (Å²) in [6.45, 7) is -0.216. The summed E-state index contributed by atoms with van der Waals surface area (Å²) in [6, 6.07) is 0. The van der Waals surface area contributed by atoms with Crippen LogP contribution >= 0.6 is 0 Å². The third-order valence-corrected chi connectivity index (χ3v) is 1.19. The van der Waals surface area contributed by atoms with Gasteiger partial charge in [0.05, 0.1) is 0 Å². The molecular weight excluding hydrogens is 174 g/mol. The third kappa shape index (κ3) is 4.27.